The molecular formula is C24H27N3O5. The molecule has 1 fully saturated rings. The Kier molecular flexibility index (Phi) is 6.89. The van der Waals surface area contributed by atoms with Gasteiger partial charge in [0, 0.05) is 19.5 Å². The molecule has 3 atom stereocenters. The van der Waals surface area contributed by atoms with Gasteiger partial charge in [-0.1, -0.05) is 65.8 Å². The summed E-state index contributed by atoms with van der Waals surface area (Å²) in [4.78, 5) is 32.4. The minimum Gasteiger partial charge on any atom is -0.445 e. The summed E-state index contributed by atoms with van der Waals surface area (Å²) in [7, 11) is 0. The van der Waals surface area contributed by atoms with E-state index >= 15 is 0 Å². The average Bonchev–Trinajstić information content (AvgIpc) is 3.04. The molecule has 2 amide bonds. The lowest BCUT2D eigenvalue weighted by Gasteiger charge is -2.25. The minimum atomic E-state index is -0.537. The number of rotatable bonds is 5. The maximum atomic E-state index is 12.8. The van der Waals surface area contributed by atoms with Crippen LogP contribution in [0.2, 0.25) is 0 Å². The van der Waals surface area contributed by atoms with Gasteiger partial charge in [0.2, 0.25) is 0 Å². The van der Waals surface area contributed by atoms with E-state index in [0.29, 0.717) is 19.5 Å². The van der Waals surface area contributed by atoms with Gasteiger partial charge in [0.05, 0.1) is 17.7 Å². The number of hydrogen-bond donors (Lipinski definition) is 1. The van der Waals surface area contributed by atoms with Gasteiger partial charge in [0.1, 0.15) is 19.3 Å². The van der Waals surface area contributed by atoms with Crippen LogP contribution in [0.25, 0.3) is 0 Å². The first-order valence-corrected chi connectivity index (χ1v) is 10.7. The number of oxime groups is 1. The summed E-state index contributed by atoms with van der Waals surface area (Å²) in [6.45, 7) is 2.97. The first-order valence-electron chi connectivity index (χ1n) is 10.7. The highest BCUT2D eigenvalue weighted by Gasteiger charge is 2.40. The van der Waals surface area contributed by atoms with Gasteiger partial charge in [-0.25, -0.2) is 9.59 Å². The number of carbonyl (C=O) groups is 2. The van der Waals surface area contributed by atoms with Crippen molar-refractivity contribution >= 4 is 17.9 Å². The van der Waals surface area contributed by atoms with Gasteiger partial charge in [-0.15, -0.1) is 0 Å². The molecule has 4 rings (SSSR count). The van der Waals surface area contributed by atoms with Crippen LogP contribution in [0, 0.1) is 5.92 Å². The molecule has 0 bridgehead atoms. The Hall–Kier alpha value is -3.55. The van der Waals surface area contributed by atoms with E-state index < -0.39 is 12.2 Å². The second kappa shape index (κ2) is 10.2. The number of nitrogens with zero attached hydrogens (tertiary/aromatic N) is 2. The molecular weight excluding hydrogens is 410 g/mol. The molecule has 0 aromatic heterocycles. The van der Waals surface area contributed by atoms with Crippen LogP contribution in [0.1, 0.15) is 24.5 Å². The third kappa shape index (κ3) is 5.57. The van der Waals surface area contributed by atoms with Crippen LogP contribution in [-0.2, 0) is 27.5 Å². The van der Waals surface area contributed by atoms with Crippen molar-refractivity contribution in [1.82, 2.24) is 10.2 Å². The first kappa shape index (κ1) is 21.7. The third-order valence-corrected chi connectivity index (χ3v) is 5.69. The number of fused-ring (bicyclic) bond motifs is 1. The molecule has 8 heteroatoms. The number of ether oxygens (including phenoxy) is 2. The molecule has 0 spiro atoms. The molecule has 32 heavy (non-hydrogen) atoms. The van der Waals surface area contributed by atoms with Crippen LogP contribution in [0.5, 0.6) is 0 Å². The van der Waals surface area contributed by atoms with E-state index in [2.05, 4.69) is 10.5 Å². The lowest BCUT2D eigenvalue weighted by atomic mass is 9.95. The highest BCUT2D eigenvalue weighted by atomic mass is 16.6. The normalized spacial score (nSPS) is 22.1. The van der Waals surface area contributed by atoms with Crippen molar-refractivity contribution in [3.63, 3.8) is 0 Å². The number of amides is 2. The Balaban J connectivity index is 1.37. The second-order valence-corrected chi connectivity index (χ2v) is 8.07. The van der Waals surface area contributed by atoms with E-state index in [1.54, 1.807) is 4.90 Å². The van der Waals surface area contributed by atoms with Crippen molar-refractivity contribution in [2.75, 3.05) is 13.1 Å². The molecule has 0 radical (unpaired) electrons. The largest absolute Gasteiger partial charge is 0.445 e. The molecule has 1 saturated heterocycles. The molecule has 2 aromatic rings. The first-order chi connectivity index (χ1) is 15.6. The number of hydrogen-bond acceptors (Lipinski definition) is 6. The predicted octanol–water partition coefficient (Wildman–Crippen LogP) is 3.71. The monoisotopic (exact) mass is 437 g/mol. The molecule has 0 saturated carbocycles. The van der Waals surface area contributed by atoms with Gasteiger partial charge in [0.15, 0.2) is 0 Å². The zero-order valence-corrected chi connectivity index (χ0v) is 18.0. The molecule has 2 aliphatic rings. The van der Waals surface area contributed by atoms with Gasteiger partial charge in [0.25, 0.3) is 0 Å². The quantitative estimate of drug-likeness (QED) is 0.770. The maximum absolute atomic E-state index is 12.8. The van der Waals surface area contributed by atoms with Gasteiger partial charge < -0.3 is 24.5 Å². The smallest absolute Gasteiger partial charge is 0.410 e. The van der Waals surface area contributed by atoms with Crippen LogP contribution in [0.3, 0.4) is 0 Å². The Morgan fingerprint density at radius 1 is 1.00 bits per heavy atom. The molecule has 8 nitrogen and oxygen atoms in total. The lowest BCUT2D eigenvalue weighted by molar-refractivity contribution is 0.0513. The standard InChI is InChI=1S/C24H27N3O5/c1-17-21-14-27(24(29)31-16-19-10-6-3-7-11-19)13-20(12-22(21)32-26-17)25-23(28)30-15-18-8-4-2-5-9-18/h2-11,20-22H,12-16H2,1H3,(H,25,28)/t20-,21?,22?/m0/s1. The van der Waals surface area contributed by atoms with E-state index in [9.17, 15) is 9.59 Å². The Labute approximate surface area is 187 Å². The topological polar surface area (TPSA) is 89.5 Å². The molecule has 168 valence electrons. The van der Waals surface area contributed by atoms with Crippen molar-refractivity contribution in [1.29, 1.82) is 0 Å². The van der Waals surface area contributed by atoms with E-state index in [4.69, 9.17) is 14.3 Å². The third-order valence-electron chi connectivity index (χ3n) is 5.69. The zero-order chi connectivity index (χ0) is 22.3. The number of carbonyl (C=O) groups excluding carboxylic acids is 2. The van der Waals surface area contributed by atoms with Crippen LogP contribution in [0.15, 0.2) is 65.8 Å². The number of benzene rings is 2. The van der Waals surface area contributed by atoms with Crippen LogP contribution >= 0.6 is 0 Å². The molecule has 2 aliphatic heterocycles. The second-order valence-electron chi connectivity index (χ2n) is 8.07. The Morgan fingerprint density at radius 2 is 1.62 bits per heavy atom. The van der Waals surface area contributed by atoms with E-state index in [1.807, 2.05) is 67.6 Å². The lowest BCUT2D eigenvalue weighted by Crippen LogP contribution is -2.45. The zero-order valence-electron chi connectivity index (χ0n) is 18.0. The fourth-order valence-electron chi connectivity index (χ4n) is 3.95. The summed E-state index contributed by atoms with van der Waals surface area (Å²) < 4.78 is 10.9. The molecule has 2 heterocycles. The number of alkyl carbamates (subject to hydrolysis) is 1. The van der Waals surface area contributed by atoms with Crippen molar-refractivity contribution in [3.8, 4) is 0 Å². The summed E-state index contributed by atoms with van der Waals surface area (Å²) >= 11 is 0. The van der Waals surface area contributed by atoms with Gasteiger partial charge in [-0.05, 0) is 18.1 Å². The molecule has 0 aliphatic carbocycles. The highest BCUT2D eigenvalue weighted by Crippen LogP contribution is 2.27. The van der Waals surface area contributed by atoms with Gasteiger partial charge in [-0.3, -0.25) is 0 Å². The van der Waals surface area contributed by atoms with Gasteiger partial charge in [-0.2, -0.15) is 0 Å². The van der Waals surface area contributed by atoms with E-state index in [0.717, 1.165) is 16.8 Å². The van der Waals surface area contributed by atoms with Crippen molar-refractivity contribution in [3.05, 3.63) is 71.8 Å². The Morgan fingerprint density at radius 3 is 2.28 bits per heavy atom. The number of likely N-dealkylation sites (tertiary alicyclic amines) is 1. The van der Waals surface area contributed by atoms with E-state index in [1.165, 1.54) is 0 Å². The van der Waals surface area contributed by atoms with Crippen molar-refractivity contribution < 1.29 is 23.9 Å². The minimum absolute atomic E-state index is 0.0357. The highest BCUT2D eigenvalue weighted by molar-refractivity contribution is 5.86. The fourth-order valence-corrected chi connectivity index (χ4v) is 3.95. The molecule has 2 aromatic carbocycles. The van der Waals surface area contributed by atoms with Crippen LogP contribution in [0.4, 0.5) is 9.59 Å². The summed E-state index contributed by atoms with van der Waals surface area (Å²) in [5.74, 6) is -0.0357. The summed E-state index contributed by atoms with van der Waals surface area (Å²) in [5.41, 5.74) is 2.65. The van der Waals surface area contributed by atoms with Crippen molar-refractivity contribution in [2.45, 2.75) is 38.7 Å². The van der Waals surface area contributed by atoms with Crippen LogP contribution < -0.4 is 5.32 Å². The summed E-state index contributed by atoms with van der Waals surface area (Å²) in [5, 5.41) is 6.97. The fraction of sp³-hybridized carbons (Fsp3) is 0.375. The summed E-state index contributed by atoms with van der Waals surface area (Å²) in [6, 6.07) is 18.6. The van der Waals surface area contributed by atoms with Crippen LogP contribution in [-0.4, -0.2) is 48.0 Å². The van der Waals surface area contributed by atoms with E-state index in [-0.39, 0.29) is 31.3 Å². The van der Waals surface area contributed by atoms with Crippen molar-refractivity contribution in [2.24, 2.45) is 11.1 Å². The molecule has 2 unspecified atom stereocenters. The predicted molar refractivity (Wildman–Crippen MR) is 118 cm³/mol. The Bertz CT molecular complexity index is 951. The molecule has 1 N–H and O–H groups in total. The summed E-state index contributed by atoms with van der Waals surface area (Å²) in [6.07, 6.45) is -0.653. The number of nitrogens with one attached hydrogen (secondary N) is 1. The van der Waals surface area contributed by atoms with Gasteiger partial charge >= 0.3 is 12.2 Å². The maximum Gasteiger partial charge on any atom is 0.410 e. The SMILES string of the molecule is CC1=NOC2C[C@H](NC(=O)OCc3ccccc3)CN(C(=O)OCc3ccccc3)CC12. The average molecular weight is 437 g/mol.